The molecule has 2 heterocycles. The standard InChI is InChI=1S/C13H15N3/c14-12-7-4-8-13-15-11(9-16(12)13)10-5-2-1-3-6-10/h1-3,5-6,9,12H,4,7-8,14H2. The van der Waals surface area contributed by atoms with Gasteiger partial charge in [-0.05, 0) is 12.8 Å². The van der Waals surface area contributed by atoms with Gasteiger partial charge in [-0.15, -0.1) is 0 Å². The van der Waals surface area contributed by atoms with Crippen LogP contribution < -0.4 is 5.73 Å². The van der Waals surface area contributed by atoms with Crippen LogP contribution in [0.4, 0.5) is 0 Å². The molecule has 0 spiro atoms. The molecule has 0 radical (unpaired) electrons. The SMILES string of the molecule is NC1CCCc2nc(-c3ccccc3)cn21. The minimum absolute atomic E-state index is 0.105. The van der Waals surface area contributed by atoms with Crippen LogP contribution in [0.15, 0.2) is 36.5 Å². The lowest BCUT2D eigenvalue weighted by Gasteiger charge is -2.20. The van der Waals surface area contributed by atoms with Crippen molar-refractivity contribution in [3.05, 3.63) is 42.4 Å². The summed E-state index contributed by atoms with van der Waals surface area (Å²) in [4.78, 5) is 4.65. The van der Waals surface area contributed by atoms with Crippen LogP contribution >= 0.6 is 0 Å². The number of nitrogens with zero attached hydrogens (tertiary/aromatic N) is 2. The van der Waals surface area contributed by atoms with Gasteiger partial charge in [0.2, 0.25) is 0 Å². The molecule has 0 saturated carbocycles. The summed E-state index contributed by atoms with van der Waals surface area (Å²) in [6.07, 6.45) is 5.42. The molecule has 1 aromatic heterocycles. The average Bonchev–Trinajstić information content (AvgIpc) is 2.76. The Bertz CT molecular complexity index is 487. The number of aromatic nitrogens is 2. The average molecular weight is 213 g/mol. The summed E-state index contributed by atoms with van der Waals surface area (Å²) < 4.78 is 2.12. The number of hydrogen-bond acceptors (Lipinski definition) is 2. The molecule has 1 aliphatic rings. The van der Waals surface area contributed by atoms with E-state index in [2.05, 4.69) is 27.9 Å². The molecule has 3 heteroatoms. The van der Waals surface area contributed by atoms with E-state index in [1.54, 1.807) is 0 Å². The highest BCUT2D eigenvalue weighted by Crippen LogP contribution is 2.25. The van der Waals surface area contributed by atoms with Gasteiger partial charge in [-0.25, -0.2) is 4.98 Å². The molecule has 1 atom stereocenters. The number of rotatable bonds is 1. The van der Waals surface area contributed by atoms with Crippen LogP contribution in [0.3, 0.4) is 0 Å². The van der Waals surface area contributed by atoms with Gasteiger partial charge in [0, 0.05) is 18.2 Å². The van der Waals surface area contributed by atoms with E-state index < -0.39 is 0 Å². The van der Waals surface area contributed by atoms with Crippen LogP contribution in [-0.2, 0) is 6.42 Å². The van der Waals surface area contributed by atoms with Crippen LogP contribution in [-0.4, -0.2) is 9.55 Å². The third-order valence-electron chi connectivity index (χ3n) is 3.14. The van der Waals surface area contributed by atoms with Crippen LogP contribution in [0, 0.1) is 0 Å². The van der Waals surface area contributed by atoms with Gasteiger partial charge in [-0.1, -0.05) is 30.3 Å². The summed E-state index contributed by atoms with van der Waals surface area (Å²) >= 11 is 0. The van der Waals surface area contributed by atoms with E-state index in [9.17, 15) is 0 Å². The van der Waals surface area contributed by atoms with E-state index in [1.807, 2.05) is 18.2 Å². The lowest BCUT2D eigenvalue weighted by molar-refractivity contribution is 0.408. The highest BCUT2D eigenvalue weighted by atomic mass is 15.2. The van der Waals surface area contributed by atoms with Gasteiger partial charge < -0.3 is 10.3 Å². The number of benzene rings is 1. The monoisotopic (exact) mass is 213 g/mol. The maximum absolute atomic E-state index is 6.06. The van der Waals surface area contributed by atoms with Crippen molar-refractivity contribution in [1.29, 1.82) is 0 Å². The first-order valence-electron chi connectivity index (χ1n) is 5.73. The molecule has 0 saturated heterocycles. The molecule has 82 valence electrons. The van der Waals surface area contributed by atoms with Gasteiger partial charge in [0.05, 0.1) is 11.9 Å². The number of aryl methyl sites for hydroxylation is 1. The van der Waals surface area contributed by atoms with E-state index >= 15 is 0 Å². The van der Waals surface area contributed by atoms with Crippen molar-refractivity contribution in [3.63, 3.8) is 0 Å². The van der Waals surface area contributed by atoms with Crippen molar-refractivity contribution in [2.45, 2.75) is 25.4 Å². The molecule has 0 fully saturated rings. The van der Waals surface area contributed by atoms with E-state index in [0.29, 0.717) is 0 Å². The normalized spacial score (nSPS) is 19.4. The van der Waals surface area contributed by atoms with E-state index in [4.69, 9.17) is 5.73 Å². The third kappa shape index (κ3) is 1.53. The molecule has 0 bridgehead atoms. The van der Waals surface area contributed by atoms with Crippen molar-refractivity contribution in [3.8, 4) is 11.3 Å². The van der Waals surface area contributed by atoms with E-state index in [1.165, 1.54) is 0 Å². The van der Waals surface area contributed by atoms with Crippen molar-refractivity contribution < 1.29 is 0 Å². The fourth-order valence-corrected chi connectivity index (χ4v) is 2.26. The van der Waals surface area contributed by atoms with Gasteiger partial charge in [0.25, 0.3) is 0 Å². The summed E-state index contributed by atoms with van der Waals surface area (Å²) in [6.45, 7) is 0. The molecule has 3 rings (SSSR count). The first-order chi connectivity index (χ1) is 7.84. The zero-order valence-electron chi connectivity index (χ0n) is 9.13. The Morgan fingerprint density at radius 2 is 2.06 bits per heavy atom. The second kappa shape index (κ2) is 3.76. The Balaban J connectivity index is 2.05. The van der Waals surface area contributed by atoms with Crippen LogP contribution in [0.1, 0.15) is 24.8 Å². The molecule has 1 aromatic carbocycles. The van der Waals surface area contributed by atoms with E-state index in [0.717, 1.165) is 36.3 Å². The van der Waals surface area contributed by atoms with Gasteiger partial charge in [0.1, 0.15) is 5.82 Å². The lowest BCUT2D eigenvalue weighted by Crippen LogP contribution is -2.24. The van der Waals surface area contributed by atoms with Crippen molar-refractivity contribution >= 4 is 0 Å². The van der Waals surface area contributed by atoms with Gasteiger partial charge in [-0.2, -0.15) is 0 Å². The van der Waals surface area contributed by atoms with Crippen LogP contribution in [0.5, 0.6) is 0 Å². The first kappa shape index (κ1) is 9.60. The van der Waals surface area contributed by atoms with Crippen molar-refractivity contribution in [2.75, 3.05) is 0 Å². The Morgan fingerprint density at radius 1 is 1.25 bits per heavy atom. The Labute approximate surface area is 94.9 Å². The minimum atomic E-state index is 0.105. The maximum Gasteiger partial charge on any atom is 0.110 e. The quantitative estimate of drug-likeness (QED) is 0.790. The Hall–Kier alpha value is -1.61. The zero-order chi connectivity index (χ0) is 11.0. The molecule has 1 unspecified atom stereocenters. The smallest absolute Gasteiger partial charge is 0.110 e. The molecular formula is C13H15N3. The maximum atomic E-state index is 6.06. The summed E-state index contributed by atoms with van der Waals surface area (Å²) in [6, 6.07) is 10.3. The van der Waals surface area contributed by atoms with Gasteiger partial charge in [0.15, 0.2) is 0 Å². The topological polar surface area (TPSA) is 43.8 Å². The molecule has 2 aromatic rings. The Kier molecular flexibility index (Phi) is 2.26. The van der Waals surface area contributed by atoms with E-state index in [-0.39, 0.29) is 6.17 Å². The second-order valence-corrected chi connectivity index (χ2v) is 4.28. The molecule has 16 heavy (non-hydrogen) atoms. The summed E-state index contributed by atoms with van der Waals surface area (Å²) in [5.41, 5.74) is 8.26. The minimum Gasteiger partial charge on any atom is -0.318 e. The highest BCUT2D eigenvalue weighted by Gasteiger charge is 2.18. The fraction of sp³-hybridized carbons (Fsp3) is 0.308. The first-order valence-corrected chi connectivity index (χ1v) is 5.73. The molecule has 0 aliphatic carbocycles. The van der Waals surface area contributed by atoms with Crippen molar-refractivity contribution in [2.24, 2.45) is 5.73 Å². The Morgan fingerprint density at radius 3 is 2.81 bits per heavy atom. The molecule has 0 amide bonds. The molecular weight excluding hydrogens is 198 g/mol. The molecule has 1 aliphatic heterocycles. The third-order valence-corrected chi connectivity index (χ3v) is 3.14. The summed E-state index contributed by atoms with van der Waals surface area (Å²) in [5.74, 6) is 1.12. The zero-order valence-corrected chi connectivity index (χ0v) is 9.13. The van der Waals surface area contributed by atoms with Gasteiger partial charge >= 0.3 is 0 Å². The fourth-order valence-electron chi connectivity index (χ4n) is 2.26. The number of imidazole rings is 1. The molecule has 2 N–H and O–H groups in total. The predicted molar refractivity (Wildman–Crippen MR) is 63.8 cm³/mol. The number of nitrogens with two attached hydrogens (primary N) is 1. The highest BCUT2D eigenvalue weighted by molar-refractivity contribution is 5.58. The number of hydrogen-bond donors (Lipinski definition) is 1. The lowest BCUT2D eigenvalue weighted by atomic mass is 10.1. The van der Waals surface area contributed by atoms with Crippen LogP contribution in [0.25, 0.3) is 11.3 Å². The van der Waals surface area contributed by atoms with Crippen LogP contribution in [0.2, 0.25) is 0 Å². The summed E-state index contributed by atoms with van der Waals surface area (Å²) in [5, 5.41) is 0. The predicted octanol–water partition coefficient (Wildman–Crippen LogP) is 2.34. The largest absolute Gasteiger partial charge is 0.318 e. The summed E-state index contributed by atoms with van der Waals surface area (Å²) in [7, 11) is 0. The van der Waals surface area contributed by atoms with Gasteiger partial charge in [-0.3, -0.25) is 0 Å². The second-order valence-electron chi connectivity index (χ2n) is 4.28. The number of fused-ring (bicyclic) bond motifs is 1. The van der Waals surface area contributed by atoms with Crippen molar-refractivity contribution in [1.82, 2.24) is 9.55 Å². The molecule has 3 nitrogen and oxygen atoms in total.